The highest BCUT2D eigenvalue weighted by atomic mass is 32.1. The predicted octanol–water partition coefficient (Wildman–Crippen LogP) is 2.02. The number of esters is 2. The molecule has 0 saturated heterocycles. The van der Waals surface area contributed by atoms with E-state index in [0.29, 0.717) is 10.5 Å². The van der Waals surface area contributed by atoms with Crippen molar-refractivity contribution in [1.82, 2.24) is 0 Å². The number of carbonyl (C=O) groups is 2. The van der Waals surface area contributed by atoms with Crippen LogP contribution in [-0.4, -0.2) is 25.2 Å². The van der Waals surface area contributed by atoms with Crippen molar-refractivity contribution in [3.63, 3.8) is 0 Å². The van der Waals surface area contributed by atoms with Gasteiger partial charge < -0.3 is 9.47 Å². The summed E-state index contributed by atoms with van der Waals surface area (Å²) in [5.74, 6) is -0.881. The Balaban J connectivity index is 2.19. The number of thiophene rings is 1. The van der Waals surface area contributed by atoms with Crippen molar-refractivity contribution in [2.45, 2.75) is 6.92 Å². The summed E-state index contributed by atoms with van der Waals surface area (Å²) in [6.07, 6.45) is 0. The molecule has 4 nitrogen and oxygen atoms in total. The van der Waals surface area contributed by atoms with Gasteiger partial charge in [-0.15, -0.1) is 11.3 Å². The van der Waals surface area contributed by atoms with Crippen LogP contribution in [0.25, 0.3) is 0 Å². The van der Waals surface area contributed by atoms with Crippen LogP contribution in [0.15, 0.2) is 29.7 Å². The summed E-state index contributed by atoms with van der Waals surface area (Å²) in [6, 6.07) is 3.44. The number of rotatable bonds is 5. The summed E-state index contributed by atoms with van der Waals surface area (Å²) in [4.78, 5) is 22.8. The third-order valence-corrected chi connectivity index (χ3v) is 2.47. The first-order chi connectivity index (χ1) is 7.61. The minimum Gasteiger partial charge on any atom is -0.459 e. The Hall–Kier alpha value is -1.62. The van der Waals surface area contributed by atoms with Crippen molar-refractivity contribution >= 4 is 23.3 Å². The fraction of sp³-hybridized carbons (Fsp3) is 0.273. The average molecular weight is 240 g/mol. The van der Waals surface area contributed by atoms with Gasteiger partial charge in [0.05, 0.1) is 0 Å². The van der Waals surface area contributed by atoms with Crippen molar-refractivity contribution in [1.29, 1.82) is 0 Å². The normalized spacial score (nSPS) is 9.56. The lowest BCUT2D eigenvalue weighted by Gasteiger charge is -2.04. The third kappa shape index (κ3) is 3.86. The standard InChI is InChI=1S/C11H12O4S/c1-8(2)10(12)14-5-6-15-11(13)9-4-3-7-16-9/h3-4,7H,1,5-6H2,2H3. The lowest BCUT2D eigenvalue weighted by molar-refractivity contribution is -0.140. The van der Waals surface area contributed by atoms with Crippen LogP contribution in [0.4, 0.5) is 0 Å². The van der Waals surface area contributed by atoms with Gasteiger partial charge in [-0.05, 0) is 18.4 Å². The topological polar surface area (TPSA) is 52.6 Å². The molecule has 1 aromatic rings. The average Bonchev–Trinajstić information content (AvgIpc) is 2.76. The third-order valence-electron chi connectivity index (χ3n) is 1.62. The highest BCUT2D eigenvalue weighted by Crippen LogP contribution is 2.09. The first kappa shape index (κ1) is 12.4. The summed E-state index contributed by atoms with van der Waals surface area (Å²) < 4.78 is 9.64. The molecule has 1 aromatic heterocycles. The van der Waals surface area contributed by atoms with E-state index in [0.717, 1.165) is 0 Å². The maximum Gasteiger partial charge on any atom is 0.348 e. The zero-order valence-electron chi connectivity index (χ0n) is 8.89. The van der Waals surface area contributed by atoms with Gasteiger partial charge in [-0.25, -0.2) is 9.59 Å². The van der Waals surface area contributed by atoms with Crippen molar-refractivity contribution in [2.24, 2.45) is 0 Å². The Labute approximate surface area is 97.5 Å². The van der Waals surface area contributed by atoms with Gasteiger partial charge in [-0.1, -0.05) is 12.6 Å². The molecule has 0 radical (unpaired) electrons. The van der Waals surface area contributed by atoms with Gasteiger partial charge in [0.2, 0.25) is 0 Å². The van der Waals surface area contributed by atoms with Crippen LogP contribution in [0.1, 0.15) is 16.6 Å². The Morgan fingerprint density at radius 2 is 2.06 bits per heavy atom. The summed E-state index contributed by atoms with van der Waals surface area (Å²) >= 11 is 1.30. The van der Waals surface area contributed by atoms with Crippen LogP contribution in [0, 0.1) is 0 Å². The summed E-state index contributed by atoms with van der Waals surface area (Å²) in [7, 11) is 0. The fourth-order valence-electron chi connectivity index (χ4n) is 0.858. The highest BCUT2D eigenvalue weighted by Gasteiger charge is 2.08. The van der Waals surface area contributed by atoms with Crippen LogP contribution in [0.5, 0.6) is 0 Å². The molecule has 1 heterocycles. The van der Waals surface area contributed by atoms with Gasteiger partial charge in [-0.2, -0.15) is 0 Å². The van der Waals surface area contributed by atoms with Crippen LogP contribution in [0.2, 0.25) is 0 Å². The van der Waals surface area contributed by atoms with Crippen molar-refractivity contribution < 1.29 is 19.1 Å². The zero-order chi connectivity index (χ0) is 12.0. The molecular weight excluding hydrogens is 228 g/mol. The first-order valence-corrected chi connectivity index (χ1v) is 5.52. The molecule has 0 aliphatic heterocycles. The number of hydrogen-bond donors (Lipinski definition) is 0. The van der Waals surface area contributed by atoms with E-state index in [-0.39, 0.29) is 13.2 Å². The fourth-order valence-corrected chi connectivity index (χ4v) is 1.47. The molecule has 0 aliphatic rings. The Bertz CT molecular complexity index is 381. The van der Waals surface area contributed by atoms with Gasteiger partial charge in [0.1, 0.15) is 18.1 Å². The van der Waals surface area contributed by atoms with Crippen molar-refractivity contribution in [3.8, 4) is 0 Å². The molecule has 0 aliphatic carbocycles. The molecule has 0 atom stereocenters. The smallest absolute Gasteiger partial charge is 0.348 e. The Kier molecular flexibility index (Phi) is 4.72. The molecule has 0 N–H and O–H groups in total. The number of hydrogen-bond acceptors (Lipinski definition) is 5. The van der Waals surface area contributed by atoms with Crippen molar-refractivity contribution in [3.05, 3.63) is 34.5 Å². The van der Waals surface area contributed by atoms with Gasteiger partial charge in [0.15, 0.2) is 0 Å². The molecule has 5 heteroatoms. The van der Waals surface area contributed by atoms with Gasteiger partial charge in [0, 0.05) is 5.57 Å². The van der Waals surface area contributed by atoms with Gasteiger partial charge in [0.25, 0.3) is 0 Å². The SMILES string of the molecule is C=C(C)C(=O)OCCOC(=O)c1cccs1. The molecule has 0 bridgehead atoms. The zero-order valence-corrected chi connectivity index (χ0v) is 9.71. The quantitative estimate of drug-likeness (QED) is 0.449. The van der Waals surface area contributed by atoms with E-state index in [1.807, 2.05) is 0 Å². The molecule has 0 spiro atoms. The second-order valence-corrected chi connectivity index (χ2v) is 3.98. The van der Waals surface area contributed by atoms with Gasteiger partial charge in [-0.3, -0.25) is 0 Å². The minimum absolute atomic E-state index is 0.0445. The lowest BCUT2D eigenvalue weighted by atomic mass is 10.4. The second kappa shape index (κ2) is 6.07. The highest BCUT2D eigenvalue weighted by molar-refractivity contribution is 7.11. The van der Waals surface area contributed by atoms with E-state index in [4.69, 9.17) is 9.47 Å². The summed E-state index contributed by atoms with van der Waals surface area (Å²) in [5, 5.41) is 1.79. The molecule has 86 valence electrons. The molecule has 16 heavy (non-hydrogen) atoms. The van der Waals surface area contributed by atoms with E-state index in [1.165, 1.54) is 11.3 Å². The monoisotopic (exact) mass is 240 g/mol. The molecule has 0 amide bonds. The lowest BCUT2D eigenvalue weighted by Crippen LogP contribution is -2.13. The summed E-state index contributed by atoms with van der Waals surface area (Å²) in [6.45, 7) is 5.08. The first-order valence-electron chi connectivity index (χ1n) is 4.64. The van der Waals surface area contributed by atoms with E-state index >= 15 is 0 Å². The molecule has 1 rings (SSSR count). The Morgan fingerprint density at radius 3 is 2.62 bits per heavy atom. The molecule has 0 unspecified atom stereocenters. The van der Waals surface area contributed by atoms with Crippen LogP contribution < -0.4 is 0 Å². The summed E-state index contributed by atoms with van der Waals surface area (Å²) in [5.41, 5.74) is 0.324. The van der Waals surface area contributed by atoms with Gasteiger partial charge >= 0.3 is 11.9 Å². The maximum atomic E-state index is 11.3. The molecular formula is C11H12O4S. The van der Waals surface area contributed by atoms with E-state index in [2.05, 4.69) is 6.58 Å². The largest absolute Gasteiger partial charge is 0.459 e. The number of carbonyl (C=O) groups excluding carboxylic acids is 2. The van der Waals surface area contributed by atoms with E-state index < -0.39 is 11.9 Å². The predicted molar refractivity (Wildman–Crippen MR) is 60.4 cm³/mol. The molecule has 0 saturated carbocycles. The second-order valence-electron chi connectivity index (χ2n) is 3.03. The van der Waals surface area contributed by atoms with Crippen LogP contribution >= 0.6 is 11.3 Å². The van der Waals surface area contributed by atoms with E-state index in [9.17, 15) is 9.59 Å². The van der Waals surface area contributed by atoms with E-state index in [1.54, 1.807) is 24.4 Å². The Morgan fingerprint density at radius 1 is 1.38 bits per heavy atom. The van der Waals surface area contributed by atoms with Crippen LogP contribution in [-0.2, 0) is 14.3 Å². The van der Waals surface area contributed by atoms with Crippen molar-refractivity contribution in [2.75, 3.05) is 13.2 Å². The van der Waals surface area contributed by atoms with Crippen LogP contribution in [0.3, 0.4) is 0 Å². The number of ether oxygens (including phenoxy) is 2. The minimum atomic E-state index is -0.479. The molecule has 0 fully saturated rings. The maximum absolute atomic E-state index is 11.3. The molecule has 0 aromatic carbocycles.